The fourth-order valence-corrected chi connectivity index (χ4v) is 1.72. The topological polar surface area (TPSA) is 79.2 Å². The van der Waals surface area contributed by atoms with E-state index in [9.17, 15) is 10.2 Å². The number of aliphatic hydroxyl groups is 3. The Morgan fingerprint density at radius 2 is 2.27 bits per heavy atom. The summed E-state index contributed by atoms with van der Waals surface area (Å²) in [7, 11) is 0. The van der Waals surface area contributed by atoms with Gasteiger partial charge in [0.05, 0.1) is 25.9 Å². The van der Waals surface area contributed by atoms with E-state index < -0.39 is 30.5 Å². The van der Waals surface area contributed by atoms with Crippen LogP contribution in [0.5, 0.6) is 0 Å². The Kier molecular flexibility index (Phi) is 4.82. The SMILES string of the molecule is CC1[C@H](OCCS)OCC(O)(CO)[C@@H]1O. The molecule has 0 aromatic rings. The third-order valence-electron chi connectivity index (χ3n) is 2.62. The molecule has 0 radical (unpaired) electrons. The molecule has 15 heavy (non-hydrogen) atoms. The van der Waals surface area contributed by atoms with Crippen LogP contribution in [0.2, 0.25) is 0 Å². The summed E-state index contributed by atoms with van der Waals surface area (Å²) in [6.07, 6.45) is -1.61. The Balaban J connectivity index is 2.56. The van der Waals surface area contributed by atoms with Crippen LogP contribution in [0.15, 0.2) is 0 Å². The van der Waals surface area contributed by atoms with Crippen LogP contribution in [0.3, 0.4) is 0 Å². The number of ether oxygens (including phenoxy) is 2. The molecule has 0 aliphatic carbocycles. The van der Waals surface area contributed by atoms with Crippen LogP contribution in [0.1, 0.15) is 6.92 Å². The van der Waals surface area contributed by atoms with Gasteiger partial charge in [0.25, 0.3) is 0 Å². The van der Waals surface area contributed by atoms with Crippen molar-refractivity contribution in [1.82, 2.24) is 0 Å². The lowest BCUT2D eigenvalue weighted by Gasteiger charge is -2.42. The van der Waals surface area contributed by atoms with Crippen molar-refractivity contribution in [3.8, 4) is 0 Å². The zero-order valence-electron chi connectivity index (χ0n) is 8.67. The molecule has 1 aliphatic rings. The van der Waals surface area contributed by atoms with Crippen molar-refractivity contribution in [2.75, 3.05) is 25.6 Å². The van der Waals surface area contributed by atoms with Crippen molar-refractivity contribution in [3.05, 3.63) is 0 Å². The zero-order chi connectivity index (χ0) is 11.5. The van der Waals surface area contributed by atoms with E-state index >= 15 is 0 Å². The molecule has 0 bridgehead atoms. The van der Waals surface area contributed by atoms with Gasteiger partial charge in [-0.2, -0.15) is 12.6 Å². The van der Waals surface area contributed by atoms with Crippen LogP contribution in [-0.2, 0) is 9.47 Å². The molecule has 0 amide bonds. The minimum Gasteiger partial charge on any atom is -0.393 e. The number of thiol groups is 1. The first-order valence-electron chi connectivity index (χ1n) is 4.90. The summed E-state index contributed by atoms with van der Waals surface area (Å²) in [5, 5.41) is 28.5. The van der Waals surface area contributed by atoms with Gasteiger partial charge in [-0.3, -0.25) is 0 Å². The molecule has 1 aliphatic heterocycles. The Labute approximate surface area is 94.4 Å². The Morgan fingerprint density at radius 3 is 2.80 bits per heavy atom. The predicted octanol–water partition coefficient (Wildman–Crippen LogP) is -0.991. The first kappa shape index (κ1) is 13.2. The molecular formula is C9H18O5S. The van der Waals surface area contributed by atoms with E-state index in [0.29, 0.717) is 12.4 Å². The van der Waals surface area contributed by atoms with Crippen molar-refractivity contribution in [1.29, 1.82) is 0 Å². The Morgan fingerprint density at radius 1 is 1.60 bits per heavy atom. The standard InChI is InChI=1S/C9H18O5S/c1-6-7(11)9(12,4-10)5-14-8(6)13-2-3-15/h6-8,10-12,15H,2-5H2,1H3/t6?,7-,8-,9?/m1/s1. The van der Waals surface area contributed by atoms with Gasteiger partial charge in [0.15, 0.2) is 6.29 Å². The summed E-state index contributed by atoms with van der Waals surface area (Å²) < 4.78 is 10.5. The second kappa shape index (κ2) is 5.47. The fourth-order valence-electron chi connectivity index (χ4n) is 1.61. The molecule has 1 saturated heterocycles. The van der Waals surface area contributed by atoms with E-state index in [-0.39, 0.29) is 6.61 Å². The third-order valence-corrected chi connectivity index (χ3v) is 2.81. The average Bonchev–Trinajstić information content (AvgIpc) is 2.25. The van der Waals surface area contributed by atoms with Crippen LogP contribution < -0.4 is 0 Å². The van der Waals surface area contributed by atoms with E-state index in [2.05, 4.69) is 12.6 Å². The highest BCUT2D eigenvalue weighted by atomic mass is 32.1. The molecular weight excluding hydrogens is 220 g/mol. The van der Waals surface area contributed by atoms with Gasteiger partial charge in [0.1, 0.15) is 5.60 Å². The number of hydrogen-bond donors (Lipinski definition) is 4. The molecule has 1 fully saturated rings. The lowest BCUT2D eigenvalue weighted by molar-refractivity contribution is -0.283. The molecule has 0 aromatic carbocycles. The van der Waals surface area contributed by atoms with Crippen molar-refractivity contribution < 1.29 is 24.8 Å². The van der Waals surface area contributed by atoms with Crippen molar-refractivity contribution in [2.24, 2.45) is 5.92 Å². The molecule has 2 unspecified atom stereocenters. The van der Waals surface area contributed by atoms with E-state index in [1.54, 1.807) is 6.92 Å². The summed E-state index contributed by atoms with van der Waals surface area (Å²) >= 11 is 3.99. The molecule has 0 saturated carbocycles. The monoisotopic (exact) mass is 238 g/mol. The maximum atomic E-state index is 9.78. The van der Waals surface area contributed by atoms with Crippen molar-refractivity contribution in [2.45, 2.75) is 24.9 Å². The highest BCUT2D eigenvalue weighted by molar-refractivity contribution is 7.80. The first-order chi connectivity index (χ1) is 7.05. The van der Waals surface area contributed by atoms with E-state index in [1.807, 2.05) is 0 Å². The Bertz CT molecular complexity index is 203. The molecule has 3 N–H and O–H groups in total. The maximum Gasteiger partial charge on any atom is 0.162 e. The predicted molar refractivity (Wildman–Crippen MR) is 56.8 cm³/mol. The number of hydrogen-bond acceptors (Lipinski definition) is 6. The zero-order valence-corrected chi connectivity index (χ0v) is 9.56. The largest absolute Gasteiger partial charge is 0.393 e. The summed E-state index contributed by atoms with van der Waals surface area (Å²) in [4.78, 5) is 0. The van der Waals surface area contributed by atoms with Crippen LogP contribution in [0, 0.1) is 5.92 Å². The normalized spacial score (nSPS) is 41.8. The minimum absolute atomic E-state index is 0.133. The molecule has 5 nitrogen and oxygen atoms in total. The highest BCUT2D eigenvalue weighted by Crippen LogP contribution is 2.29. The first-order valence-corrected chi connectivity index (χ1v) is 5.54. The lowest BCUT2D eigenvalue weighted by atomic mass is 9.86. The summed E-state index contributed by atoms with van der Waals surface area (Å²) in [6, 6.07) is 0. The average molecular weight is 238 g/mol. The second-order valence-corrected chi connectivity index (χ2v) is 4.29. The van der Waals surface area contributed by atoms with Gasteiger partial charge in [0.2, 0.25) is 0 Å². The molecule has 1 rings (SSSR count). The molecule has 1 heterocycles. The minimum atomic E-state index is -1.58. The quantitative estimate of drug-likeness (QED) is 0.473. The third kappa shape index (κ3) is 2.83. The van der Waals surface area contributed by atoms with E-state index in [1.165, 1.54) is 0 Å². The van der Waals surface area contributed by atoms with Gasteiger partial charge >= 0.3 is 0 Å². The van der Waals surface area contributed by atoms with Crippen LogP contribution in [0.4, 0.5) is 0 Å². The summed E-state index contributed by atoms with van der Waals surface area (Å²) in [5.74, 6) is 0.170. The van der Waals surface area contributed by atoms with E-state index in [4.69, 9.17) is 14.6 Å². The Hall–Kier alpha value is 0.150. The molecule has 0 aromatic heterocycles. The van der Waals surface area contributed by atoms with E-state index in [0.717, 1.165) is 0 Å². The molecule has 90 valence electrons. The van der Waals surface area contributed by atoms with Crippen LogP contribution in [-0.4, -0.2) is 58.9 Å². The van der Waals surface area contributed by atoms with Gasteiger partial charge in [-0.15, -0.1) is 0 Å². The second-order valence-electron chi connectivity index (χ2n) is 3.84. The van der Waals surface area contributed by atoms with Crippen LogP contribution in [0.25, 0.3) is 0 Å². The molecule has 0 spiro atoms. The summed E-state index contributed by atoms with van der Waals surface area (Å²) in [6.45, 7) is 1.46. The fraction of sp³-hybridized carbons (Fsp3) is 1.00. The van der Waals surface area contributed by atoms with Gasteiger partial charge in [-0.05, 0) is 0 Å². The summed E-state index contributed by atoms with van der Waals surface area (Å²) in [5.41, 5.74) is -1.58. The smallest absolute Gasteiger partial charge is 0.162 e. The highest BCUT2D eigenvalue weighted by Gasteiger charge is 2.46. The molecule has 4 atom stereocenters. The van der Waals surface area contributed by atoms with Gasteiger partial charge in [0, 0.05) is 11.7 Å². The number of rotatable bonds is 4. The van der Waals surface area contributed by atoms with Gasteiger partial charge in [-0.25, -0.2) is 0 Å². The van der Waals surface area contributed by atoms with Crippen molar-refractivity contribution in [3.63, 3.8) is 0 Å². The van der Waals surface area contributed by atoms with Gasteiger partial charge in [-0.1, -0.05) is 6.92 Å². The lowest BCUT2D eigenvalue weighted by Crippen LogP contribution is -2.60. The maximum absolute atomic E-state index is 9.78. The molecule has 6 heteroatoms. The van der Waals surface area contributed by atoms with Gasteiger partial charge < -0.3 is 24.8 Å². The van der Waals surface area contributed by atoms with Crippen molar-refractivity contribution >= 4 is 12.6 Å². The number of aliphatic hydroxyl groups excluding tert-OH is 2. The van der Waals surface area contributed by atoms with Crippen LogP contribution >= 0.6 is 12.6 Å².